The van der Waals surface area contributed by atoms with Gasteiger partial charge in [-0.05, 0) is 24.6 Å². The molecule has 0 saturated heterocycles. The second-order valence-electron chi connectivity index (χ2n) is 5.21. The first-order chi connectivity index (χ1) is 11.0. The third-order valence-corrected chi connectivity index (χ3v) is 3.60. The molecule has 0 saturated carbocycles. The highest BCUT2D eigenvalue weighted by atomic mass is 16.6. The number of aryl methyl sites for hydroxylation is 1. The quantitative estimate of drug-likeness (QED) is 0.696. The van der Waals surface area contributed by atoms with Crippen LogP contribution in [0.25, 0.3) is 6.08 Å². The largest absolute Gasteiger partial charge is 0.488 e. The van der Waals surface area contributed by atoms with Crippen molar-refractivity contribution in [2.45, 2.75) is 6.92 Å². The average molecular weight is 310 g/mol. The first kappa shape index (κ1) is 14.8. The lowest BCUT2D eigenvalue weighted by Gasteiger charge is -2.17. The summed E-state index contributed by atoms with van der Waals surface area (Å²) in [6.07, 6.45) is 1.76. The number of amides is 1. The van der Waals surface area contributed by atoms with E-state index in [2.05, 4.69) is 5.32 Å². The van der Waals surface area contributed by atoms with Crippen molar-refractivity contribution in [3.8, 4) is 5.75 Å². The van der Waals surface area contributed by atoms with Gasteiger partial charge in [-0.15, -0.1) is 0 Å². The summed E-state index contributed by atoms with van der Waals surface area (Å²) in [5, 5.41) is 13.6. The van der Waals surface area contributed by atoms with Crippen molar-refractivity contribution in [1.29, 1.82) is 0 Å². The van der Waals surface area contributed by atoms with Crippen LogP contribution in [0.15, 0.2) is 48.0 Å². The van der Waals surface area contributed by atoms with Crippen molar-refractivity contribution in [3.05, 3.63) is 69.3 Å². The van der Waals surface area contributed by atoms with Crippen LogP contribution in [0.5, 0.6) is 5.75 Å². The van der Waals surface area contributed by atoms with Crippen LogP contribution in [0.1, 0.15) is 11.1 Å². The third-order valence-electron chi connectivity index (χ3n) is 3.60. The Bertz CT molecular complexity index is 827. The van der Waals surface area contributed by atoms with E-state index in [1.807, 2.05) is 24.3 Å². The maximum Gasteiger partial charge on any atom is 0.271 e. The molecule has 1 heterocycles. The summed E-state index contributed by atoms with van der Waals surface area (Å²) < 4.78 is 5.55. The first-order valence-electron chi connectivity index (χ1n) is 7.03. The number of carbonyl (C=O) groups is 1. The summed E-state index contributed by atoms with van der Waals surface area (Å²) in [5.74, 6) is 0.402. The molecule has 6 heteroatoms. The number of hydrogen-bond acceptors (Lipinski definition) is 4. The SMILES string of the molecule is Cc1ccc([N+](=O)[O-])cc1NC(=O)C1=Cc2ccccc2OC1. The van der Waals surface area contributed by atoms with Crippen molar-refractivity contribution in [3.63, 3.8) is 0 Å². The molecule has 0 bridgehead atoms. The molecule has 0 spiro atoms. The summed E-state index contributed by atoms with van der Waals surface area (Å²) in [5.41, 5.74) is 2.41. The topological polar surface area (TPSA) is 81.5 Å². The monoisotopic (exact) mass is 310 g/mol. The van der Waals surface area contributed by atoms with E-state index in [1.165, 1.54) is 12.1 Å². The normalized spacial score (nSPS) is 12.7. The summed E-state index contributed by atoms with van der Waals surface area (Å²) >= 11 is 0. The molecule has 2 aromatic carbocycles. The second-order valence-corrected chi connectivity index (χ2v) is 5.21. The molecule has 1 aliphatic rings. The number of nitro benzene ring substituents is 1. The van der Waals surface area contributed by atoms with E-state index in [0.717, 1.165) is 16.9 Å². The molecule has 6 nitrogen and oxygen atoms in total. The van der Waals surface area contributed by atoms with E-state index < -0.39 is 4.92 Å². The van der Waals surface area contributed by atoms with Crippen LogP contribution < -0.4 is 10.1 Å². The highest BCUT2D eigenvalue weighted by molar-refractivity contribution is 6.08. The second kappa shape index (κ2) is 5.92. The number of benzene rings is 2. The highest BCUT2D eigenvalue weighted by Gasteiger charge is 2.18. The van der Waals surface area contributed by atoms with Crippen molar-refractivity contribution in [2.24, 2.45) is 0 Å². The molecule has 0 aromatic heterocycles. The van der Waals surface area contributed by atoms with Gasteiger partial charge in [0, 0.05) is 17.7 Å². The smallest absolute Gasteiger partial charge is 0.271 e. The summed E-state index contributed by atoms with van der Waals surface area (Å²) in [7, 11) is 0. The van der Waals surface area contributed by atoms with Crippen LogP contribution >= 0.6 is 0 Å². The Morgan fingerprint density at radius 1 is 1.26 bits per heavy atom. The lowest BCUT2D eigenvalue weighted by atomic mass is 10.1. The number of carbonyl (C=O) groups excluding carboxylic acids is 1. The summed E-state index contributed by atoms with van der Waals surface area (Å²) in [4.78, 5) is 22.7. The van der Waals surface area contributed by atoms with Crippen LogP contribution in [0.2, 0.25) is 0 Å². The predicted octanol–water partition coefficient (Wildman–Crippen LogP) is 3.32. The van der Waals surface area contributed by atoms with E-state index in [-0.39, 0.29) is 18.2 Å². The number of nitro groups is 1. The maximum absolute atomic E-state index is 12.4. The molecule has 116 valence electrons. The fourth-order valence-corrected chi connectivity index (χ4v) is 2.31. The molecule has 2 aromatic rings. The Morgan fingerprint density at radius 3 is 2.83 bits per heavy atom. The van der Waals surface area contributed by atoms with Crippen LogP contribution in [-0.2, 0) is 4.79 Å². The minimum Gasteiger partial charge on any atom is -0.488 e. The molecular formula is C17H14N2O4. The molecule has 23 heavy (non-hydrogen) atoms. The first-order valence-corrected chi connectivity index (χ1v) is 7.03. The molecule has 0 radical (unpaired) electrons. The van der Waals surface area contributed by atoms with E-state index in [0.29, 0.717) is 11.3 Å². The Balaban J connectivity index is 1.84. The van der Waals surface area contributed by atoms with Gasteiger partial charge >= 0.3 is 0 Å². The number of rotatable bonds is 3. The van der Waals surface area contributed by atoms with E-state index in [1.54, 1.807) is 19.1 Å². The van der Waals surface area contributed by atoms with Crippen LogP contribution in [0.3, 0.4) is 0 Å². The molecule has 0 aliphatic carbocycles. The average Bonchev–Trinajstić information content (AvgIpc) is 2.56. The minimum atomic E-state index is -0.492. The van der Waals surface area contributed by atoms with E-state index >= 15 is 0 Å². The minimum absolute atomic E-state index is 0.0647. The number of anilines is 1. The van der Waals surface area contributed by atoms with Crippen molar-refractivity contribution >= 4 is 23.4 Å². The van der Waals surface area contributed by atoms with Gasteiger partial charge < -0.3 is 10.1 Å². The zero-order valence-corrected chi connectivity index (χ0v) is 12.4. The molecule has 0 atom stereocenters. The Kier molecular flexibility index (Phi) is 3.80. The standard InChI is InChI=1S/C17H14N2O4/c1-11-6-7-14(19(21)22)9-15(11)18-17(20)13-8-12-4-2-3-5-16(12)23-10-13/h2-9H,10H2,1H3,(H,18,20). The van der Waals surface area contributed by atoms with Gasteiger partial charge in [-0.3, -0.25) is 14.9 Å². The number of hydrogen-bond donors (Lipinski definition) is 1. The maximum atomic E-state index is 12.4. The number of non-ortho nitro benzene ring substituents is 1. The van der Waals surface area contributed by atoms with Gasteiger partial charge in [0.25, 0.3) is 11.6 Å². The molecule has 3 rings (SSSR count). The van der Waals surface area contributed by atoms with Gasteiger partial charge in [-0.2, -0.15) is 0 Å². The number of para-hydroxylation sites is 1. The number of ether oxygens (including phenoxy) is 1. The zero-order valence-electron chi connectivity index (χ0n) is 12.4. The number of nitrogens with zero attached hydrogens (tertiary/aromatic N) is 1. The van der Waals surface area contributed by atoms with Gasteiger partial charge in [0.2, 0.25) is 0 Å². The third kappa shape index (κ3) is 3.06. The fraction of sp³-hybridized carbons (Fsp3) is 0.118. The molecule has 1 N–H and O–H groups in total. The van der Waals surface area contributed by atoms with Gasteiger partial charge in [0.05, 0.1) is 16.2 Å². The van der Waals surface area contributed by atoms with Crippen molar-refractivity contribution < 1.29 is 14.5 Å². The lowest BCUT2D eigenvalue weighted by Crippen LogP contribution is -2.21. The van der Waals surface area contributed by atoms with Crippen molar-refractivity contribution in [1.82, 2.24) is 0 Å². The molecular weight excluding hydrogens is 296 g/mol. The Hall–Kier alpha value is -3.15. The Labute approximate surface area is 132 Å². The van der Waals surface area contributed by atoms with Gasteiger partial charge in [-0.1, -0.05) is 24.3 Å². The summed E-state index contributed by atoms with van der Waals surface area (Å²) in [6, 6.07) is 11.8. The van der Waals surface area contributed by atoms with Crippen LogP contribution in [0, 0.1) is 17.0 Å². The van der Waals surface area contributed by atoms with Gasteiger partial charge in [0.15, 0.2) is 0 Å². The highest BCUT2D eigenvalue weighted by Crippen LogP contribution is 2.27. The molecule has 1 aliphatic heterocycles. The van der Waals surface area contributed by atoms with Crippen LogP contribution in [0.4, 0.5) is 11.4 Å². The fourth-order valence-electron chi connectivity index (χ4n) is 2.31. The molecule has 0 unspecified atom stereocenters. The van der Waals surface area contributed by atoms with Crippen molar-refractivity contribution in [2.75, 3.05) is 11.9 Å². The number of nitrogens with one attached hydrogen (secondary N) is 1. The van der Waals surface area contributed by atoms with E-state index in [4.69, 9.17) is 4.74 Å². The molecule has 0 fully saturated rings. The Morgan fingerprint density at radius 2 is 2.04 bits per heavy atom. The molecule has 1 amide bonds. The van der Waals surface area contributed by atoms with Crippen LogP contribution in [-0.4, -0.2) is 17.4 Å². The zero-order chi connectivity index (χ0) is 16.4. The summed E-state index contributed by atoms with van der Waals surface area (Å²) in [6.45, 7) is 1.94. The van der Waals surface area contributed by atoms with Gasteiger partial charge in [-0.25, -0.2) is 0 Å². The van der Waals surface area contributed by atoms with E-state index in [9.17, 15) is 14.9 Å². The predicted molar refractivity (Wildman–Crippen MR) is 86.4 cm³/mol. The number of fused-ring (bicyclic) bond motifs is 1. The van der Waals surface area contributed by atoms with Gasteiger partial charge in [0.1, 0.15) is 12.4 Å². The lowest BCUT2D eigenvalue weighted by molar-refractivity contribution is -0.384.